The summed E-state index contributed by atoms with van der Waals surface area (Å²) in [5.41, 5.74) is 0. The van der Waals surface area contributed by atoms with E-state index in [1.165, 1.54) is 0 Å². The Balaban J connectivity index is 1.57. The van der Waals surface area contributed by atoms with Crippen molar-refractivity contribution in [3.63, 3.8) is 0 Å². The zero-order chi connectivity index (χ0) is 16.9. The predicted octanol–water partition coefficient (Wildman–Crippen LogP) is -1.85. The van der Waals surface area contributed by atoms with E-state index in [0.29, 0.717) is 0 Å². The van der Waals surface area contributed by atoms with E-state index in [1.54, 1.807) is 0 Å². The van der Waals surface area contributed by atoms with Gasteiger partial charge < -0.3 is 10.2 Å². The van der Waals surface area contributed by atoms with Crippen LogP contribution in [0.15, 0.2) is 12.2 Å². The SMILES string of the molecule is O=C1[C@@H]2[C@@H]3C=C[C@@H]([C@H]2C(=O)N1CO)[C@H]1[C@H]2C(=O)N(CO)C(=O)[C@@H]2[C@@H]31. The Morgan fingerprint density at radius 3 is 1.33 bits per heavy atom. The number of carbonyl (C=O) groups is 4. The Bertz CT molecular complexity index is 676. The average Bonchev–Trinajstić information content (AvgIpc) is 2.91. The number of likely N-dealkylation sites (tertiary alicyclic amines) is 2. The summed E-state index contributed by atoms with van der Waals surface area (Å²) in [6, 6.07) is 0. The summed E-state index contributed by atoms with van der Waals surface area (Å²) >= 11 is 0. The first-order valence-electron chi connectivity index (χ1n) is 8.13. The molecule has 0 radical (unpaired) electrons. The lowest BCUT2D eigenvalue weighted by Gasteiger charge is -2.60. The first-order valence-corrected chi connectivity index (χ1v) is 8.13. The highest BCUT2D eigenvalue weighted by Gasteiger charge is 2.74. The number of imide groups is 2. The van der Waals surface area contributed by atoms with E-state index < -0.39 is 37.1 Å². The van der Waals surface area contributed by atoms with Crippen molar-refractivity contribution in [1.82, 2.24) is 9.80 Å². The number of hydrogen-bond acceptors (Lipinski definition) is 6. The minimum absolute atomic E-state index is 0.144. The number of rotatable bonds is 2. The summed E-state index contributed by atoms with van der Waals surface area (Å²) in [7, 11) is 0. The summed E-state index contributed by atoms with van der Waals surface area (Å²) in [5, 5.41) is 18.6. The molecule has 8 nitrogen and oxygen atoms in total. The van der Waals surface area contributed by atoms with Gasteiger partial charge in [-0.15, -0.1) is 0 Å². The number of hydrogen-bond donors (Lipinski definition) is 2. The molecule has 2 saturated heterocycles. The minimum Gasteiger partial charge on any atom is -0.376 e. The topological polar surface area (TPSA) is 115 Å². The second kappa shape index (κ2) is 4.31. The molecule has 126 valence electrons. The lowest BCUT2D eigenvalue weighted by molar-refractivity contribution is -0.166. The summed E-state index contributed by atoms with van der Waals surface area (Å²) in [6.07, 6.45) is 3.79. The first-order chi connectivity index (χ1) is 11.5. The first kappa shape index (κ1) is 14.3. The lowest BCUT2D eigenvalue weighted by atomic mass is 9.40. The molecule has 2 bridgehead atoms. The van der Waals surface area contributed by atoms with Crippen LogP contribution in [0, 0.1) is 47.3 Å². The number of carbonyl (C=O) groups excluding carboxylic acids is 4. The lowest BCUT2D eigenvalue weighted by Crippen LogP contribution is -2.63. The average molecular weight is 332 g/mol. The van der Waals surface area contributed by atoms with Crippen molar-refractivity contribution in [2.24, 2.45) is 47.3 Å². The number of aliphatic hydroxyl groups is 2. The van der Waals surface area contributed by atoms with Crippen molar-refractivity contribution >= 4 is 23.6 Å². The molecule has 0 aromatic carbocycles. The number of nitrogens with zero attached hydrogens (tertiary/aromatic N) is 2. The number of aliphatic hydroxyl groups excluding tert-OH is 2. The Hall–Kier alpha value is -2.06. The molecular formula is C16H16N2O6. The predicted molar refractivity (Wildman–Crippen MR) is 74.9 cm³/mol. The van der Waals surface area contributed by atoms with Crippen LogP contribution in [0.3, 0.4) is 0 Å². The molecule has 6 rings (SSSR count). The molecule has 0 unspecified atom stereocenters. The molecule has 0 aromatic heterocycles. The van der Waals surface area contributed by atoms with Crippen molar-refractivity contribution in [1.29, 1.82) is 0 Å². The molecule has 0 aromatic rings. The Morgan fingerprint density at radius 2 is 1.00 bits per heavy atom. The fourth-order valence-electron chi connectivity index (χ4n) is 6.00. The fraction of sp³-hybridized carbons (Fsp3) is 0.625. The molecular weight excluding hydrogens is 316 g/mol. The van der Waals surface area contributed by atoms with Crippen LogP contribution in [0.25, 0.3) is 0 Å². The highest BCUT2D eigenvalue weighted by Crippen LogP contribution is 2.68. The van der Waals surface area contributed by atoms with Gasteiger partial charge in [-0.3, -0.25) is 29.0 Å². The second-order valence-electron chi connectivity index (χ2n) is 7.29. The summed E-state index contributed by atoms with van der Waals surface area (Å²) in [6.45, 7) is -1.27. The monoisotopic (exact) mass is 332 g/mol. The van der Waals surface area contributed by atoms with Gasteiger partial charge in [-0.1, -0.05) is 12.2 Å². The van der Waals surface area contributed by atoms with Crippen LogP contribution in [-0.2, 0) is 19.2 Å². The van der Waals surface area contributed by atoms with E-state index in [2.05, 4.69) is 0 Å². The largest absolute Gasteiger partial charge is 0.376 e. The molecule has 4 aliphatic carbocycles. The third kappa shape index (κ3) is 1.27. The molecule has 8 atom stereocenters. The van der Waals surface area contributed by atoms with Crippen molar-refractivity contribution in [3.05, 3.63) is 12.2 Å². The van der Waals surface area contributed by atoms with Gasteiger partial charge in [0.2, 0.25) is 23.6 Å². The van der Waals surface area contributed by atoms with E-state index in [1.807, 2.05) is 12.2 Å². The maximum Gasteiger partial charge on any atom is 0.235 e. The van der Waals surface area contributed by atoms with Gasteiger partial charge in [-0.05, 0) is 23.7 Å². The zero-order valence-corrected chi connectivity index (χ0v) is 12.6. The van der Waals surface area contributed by atoms with Crippen molar-refractivity contribution < 1.29 is 29.4 Å². The quantitative estimate of drug-likeness (QED) is 0.453. The van der Waals surface area contributed by atoms with Crippen LogP contribution in [0.5, 0.6) is 0 Å². The molecule has 0 spiro atoms. The number of amides is 4. The summed E-state index contributed by atoms with van der Waals surface area (Å²) in [5.74, 6) is -4.44. The van der Waals surface area contributed by atoms with Gasteiger partial charge >= 0.3 is 0 Å². The van der Waals surface area contributed by atoms with Gasteiger partial charge in [0.25, 0.3) is 0 Å². The smallest absolute Gasteiger partial charge is 0.235 e. The van der Waals surface area contributed by atoms with Gasteiger partial charge in [0, 0.05) is 0 Å². The molecule has 2 heterocycles. The Labute approximate surface area is 136 Å². The molecule has 2 aliphatic heterocycles. The highest BCUT2D eigenvalue weighted by molar-refractivity contribution is 6.09. The third-order valence-electron chi connectivity index (χ3n) is 6.81. The van der Waals surface area contributed by atoms with Gasteiger partial charge in [-0.2, -0.15) is 0 Å². The zero-order valence-electron chi connectivity index (χ0n) is 12.6. The van der Waals surface area contributed by atoms with Crippen LogP contribution in [0.4, 0.5) is 0 Å². The van der Waals surface area contributed by atoms with Crippen LogP contribution in [0.2, 0.25) is 0 Å². The van der Waals surface area contributed by atoms with Gasteiger partial charge in [0.05, 0.1) is 23.7 Å². The van der Waals surface area contributed by atoms with Crippen molar-refractivity contribution in [3.8, 4) is 0 Å². The Morgan fingerprint density at radius 1 is 0.667 bits per heavy atom. The van der Waals surface area contributed by atoms with Crippen molar-refractivity contribution in [2.45, 2.75) is 0 Å². The fourth-order valence-corrected chi connectivity index (χ4v) is 6.00. The van der Waals surface area contributed by atoms with Gasteiger partial charge in [-0.25, -0.2) is 0 Å². The number of fused-ring (bicyclic) bond motifs is 1. The van der Waals surface area contributed by atoms with Gasteiger partial charge in [0.1, 0.15) is 13.5 Å². The third-order valence-corrected chi connectivity index (χ3v) is 6.81. The molecule has 4 fully saturated rings. The van der Waals surface area contributed by atoms with E-state index in [9.17, 15) is 29.4 Å². The summed E-state index contributed by atoms with van der Waals surface area (Å²) < 4.78 is 0. The molecule has 24 heavy (non-hydrogen) atoms. The van der Waals surface area contributed by atoms with Crippen molar-refractivity contribution in [2.75, 3.05) is 13.5 Å². The van der Waals surface area contributed by atoms with Crippen LogP contribution >= 0.6 is 0 Å². The van der Waals surface area contributed by atoms with Gasteiger partial charge in [0.15, 0.2) is 0 Å². The van der Waals surface area contributed by atoms with Crippen LogP contribution < -0.4 is 0 Å². The van der Waals surface area contributed by atoms with E-state index in [0.717, 1.165) is 9.80 Å². The summed E-state index contributed by atoms with van der Waals surface area (Å²) in [4.78, 5) is 51.6. The van der Waals surface area contributed by atoms with E-state index in [4.69, 9.17) is 0 Å². The molecule has 2 N–H and O–H groups in total. The molecule has 8 heteroatoms. The standard InChI is InChI=1S/C16H16N2O6/c19-3-17-13(21)9-5-1-2-6(10(9)14(17)22)8-7(5)11-12(8)16(24)18(4-20)15(11)23/h1-2,5-12,19-20H,3-4H2/t5-,6-,7-,8+,9-,10-,11-,12-/m1/s1. The van der Waals surface area contributed by atoms with E-state index in [-0.39, 0.29) is 47.3 Å². The van der Waals surface area contributed by atoms with E-state index >= 15 is 0 Å². The highest BCUT2D eigenvalue weighted by atomic mass is 16.3. The molecule has 4 amide bonds. The molecule has 6 aliphatic rings. The van der Waals surface area contributed by atoms with Crippen LogP contribution in [-0.4, -0.2) is 57.1 Å². The molecule has 2 saturated carbocycles. The number of allylic oxidation sites excluding steroid dienone is 2. The normalized spacial score (nSPS) is 47.9. The maximum atomic E-state index is 12.5. The second-order valence-corrected chi connectivity index (χ2v) is 7.29. The Kier molecular flexibility index (Phi) is 2.57. The van der Waals surface area contributed by atoms with Crippen LogP contribution in [0.1, 0.15) is 0 Å². The maximum absolute atomic E-state index is 12.5. The minimum atomic E-state index is -0.636.